The smallest absolute Gasteiger partial charge is 0.166 e. The zero-order valence-electron chi connectivity index (χ0n) is 6.67. The number of rotatable bonds is 2. The van der Waals surface area contributed by atoms with Crippen LogP contribution < -0.4 is 0 Å². The van der Waals surface area contributed by atoms with Crippen LogP contribution in [0.1, 0.15) is 5.56 Å². The molecule has 70 valence electrons. The van der Waals surface area contributed by atoms with Gasteiger partial charge >= 0.3 is 0 Å². The summed E-state index contributed by atoms with van der Waals surface area (Å²) in [6.07, 6.45) is 2.87. The van der Waals surface area contributed by atoms with Gasteiger partial charge in [0, 0.05) is 10.0 Å². The minimum absolute atomic E-state index is 0.145. The van der Waals surface area contributed by atoms with Gasteiger partial charge in [0.25, 0.3) is 0 Å². The second-order valence-electron chi connectivity index (χ2n) is 2.41. The van der Waals surface area contributed by atoms with E-state index >= 15 is 0 Å². The van der Waals surface area contributed by atoms with E-state index in [0.29, 0.717) is 10.0 Å². The van der Waals surface area contributed by atoms with E-state index < -0.39 is 11.6 Å². The summed E-state index contributed by atoms with van der Waals surface area (Å²) >= 11 is 3.09. The summed E-state index contributed by atoms with van der Waals surface area (Å²) in [4.78, 5) is 0. The van der Waals surface area contributed by atoms with Crippen LogP contribution in [0, 0.1) is 5.82 Å². The van der Waals surface area contributed by atoms with Crippen LogP contribution >= 0.6 is 15.9 Å². The molecular formula is C9H8BrFO2. The second kappa shape index (κ2) is 4.39. The van der Waals surface area contributed by atoms with Crippen molar-refractivity contribution in [2.24, 2.45) is 0 Å². The zero-order chi connectivity index (χ0) is 9.84. The Bertz CT molecular complexity index is 337. The van der Waals surface area contributed by atoms with Crippen LogP contribution in [0.4, 0.5) is 4.39 Å². The highest BCUT2D eigenvalue weighted by Gasteiger charge is 2.05. The van der Waals surface area contributed by atoms with E-state index in [9.17, 15) is 9.50 Å². The number of hydrogen-bond acceptors (Lipinski definition) is 2. The monoisotopic (exact) mass is 246 g/mol. The summed E-state index contributed by atoms with van der Waals surface area (Å²) in [6, 6.07) is 2.73. The standard InChI is InChI=1S/C9H8BrFO2/c10-7-4-6(2-1-3-12)9(13)8(11)5-7/h1-2,4-5,12-13H,3H2. The molecule has 0 amide bonds. The van der Waals surface area contributed by atoms with E-state index in [0.717, 1.165) is 0 Å². The molecule has 0 radical (unpaired) electrons. The number of halogens is 2. The molecule has 0 saturated carbocycles. The molecule has 0 aromatic heterocycles. The molecule has 0 unspecified atom stereocenters. The maximum atomic E-state index is 12.9. The predicted molar refractivity (Wildman–Crippen MR) is 51.9 cm³/mol. The molecule has 0 aliphatic rings. The Labute approximate surface area is 83.5 Å². The molecule has 1 aromatic carbocycles. The molecule has 2 nitrogen and oxygen atoms in total. The van der Waals surface area contributed by atoms with Gasteiger partial charge in [0.15, 0.2) is 11.6 Å². The predicted octanol–water partition coefficient (Wildman–Crippen LogP) is 2.30. The number of aromatic hydroxyl groups is 1. The van der Waals surface area contributed by atoms with Crippen molar-refractivity contribution in [3.8, 4) is 5.75 Å². The lowest BCUT2D eigenvalue weighted by Gasteiger charge is -2.01. The van der Waals surface area contributed by atoms with E-state index in [1.165, 1.54) is 18.2 Å². The highest BCUT2D eigenvalue weighted by atomic mass is 79.9. The van der Waals surface area contributed by atoms with E-state index in [4.69, 9.17) is 5.11 Å². The van der Waals surface area contributed by atoms with Gasteiger partial charge in [-0.1, -0.05) is 28.1 Å². The normalized spacial score (nSPS) is 11.0. The molecule has 13 heavy (non-hydrogen) atoms. The fourth-order valence-electron chi connectivity index (χ4n) is 0.893. The molecule has 0 aliphatic heterocycles. The first-order valence-electron chi connectivity index (χ1n) is 3.60. The third-order valence-corrected chi connectivity index (χ3v) is 1.92. The van der Waals surface area contributed by atoms with Gasteiger partial charge in [-0.05, 0) is 12.1 Å². The fraction of sp³-hybridized carbons (Fsp3) is 0.111. The van der Waals surface area contributed by atoms with Gasteiger partial charge in [0.1, 0.15) is 0 Å². The lowest BCUT2D eigenvalue weighted by Crippen LogP contribution is -1.82. The van der Waals surface area contributed by atoms with E-state index in [2.05, 4.69) is 15.9 Å². The summed E-state index contributed by atoms with van der Waals surface area (Å²) in [6.45, 7) is -0.145. The van der Waals surface area contributed by atoms with Crippen molar-refractivity contribution < 1.29 is 14.6 Å². The first-order valence-corrected chi connectivity index (χ1v) is 4.40. The van der Waals surface area contributed by atoms with Crippen molar-refractivity contribution in [1.29, 1.82) is 0 Å². The number of phenols is 1. The van der Waals surface area contributed by atoms with E-state index in [-0.39, 0.29) is 6.61 Å². The molecule has 0 atom stereocenters. The van der Waals surface area contributed by atoms with Crippen LogP contribution in [0.2, 0.25) is 0 Å². The molecule has 0 fully saturated rings. The highest BCUT2D eigenvalue weighted by Crippen LogP contribution is 2.26. The fourth-order valence-corrected chi connectivity index (χ4v) is 1.34. The number of hydrogen-bond donors (Lipinski definition) is 2. The lowest BCUT2D eigenvalue weighted by atomic mass is 10.2. The minimum atomic E-state index is -0.688. The average molecular weight is 247 g/mol. The zero-order valence-corrected chi connectivity index (χ0v) is 8.25. The Morgan fingerprint density at radius 2 is 2.15 bits per heavy atom. The third-order valence-electron chi connectivity index (χ3n) is 1.46. The lowest BCUT2D eigenvalue weighted by molar-refractivity contribution is 0.343. The highest BCUT2D eigenvalue weighted by molar-refractivity contribution is 9.10. The number of phenolic OH excluding ortho intramolecular Hbond substituents is 1. The number of benzene rings is 1. The Kier molecular flexibility index (Phi) is 3.45. The maximum absolute atomic E-state index is 12.9. The maximum Gasteiger partial charge on any atom is 0.166 e. The molecule has 0 spiro atoms. The van der Waals surface area contributed by atoms with Crippen molar-refractivity contribution in [1.82, 2.24) is 0 Å². The molecule has 0 saturated heterocycles. The van der Waals surface area contributed by atoms with Crippen molar-refractivity contribution in [3.05, 3.63) is 34.1 Å². The Morgan fingerprint density at radius 1 is 1.46 bits per heavy atom. The molecule has 0 bridgehead atoms. The summed E-state index contributed by atoms with van der Waals surface area (Å²) in [5, 5.41) is 17.7. The van der Waals surface area contributed by atoms with E-state index in [1.54, 1.807) is 6.07 Å². The van der Waals surface area contributed by atoms with Crippen LogP contribution in [0.5, 0.6) is 5.75 Å². The van der Waals surface area contributed by atoms with Crippen molar-refractivity contribution >= 4 is 22.0 Å². The average Bonchev–Trinajstić information content (AvgIpc) is 2.09. The summed E-state index contributed by atoms with van der Waals surface area (Å²) < 4.78 is 13.4. The summed E-state index contributed by atoms with van der Waals surface area (Å²) in [5.74, 6) is -1.10. The van der Waals surface area contributed by atoms with Crippen molar-refractivity contribution in [2.45, 2.75) is 0 Å². The molecule has 2 N–H and O–H groups in total. The topological polar surface area (TPSA) is 40.5 Å². The molecule has 1 rings (SSSR count). The van der Waals surface area contributed by atoms with Gasteiger partial charge in [0.2, 0.25) is 0 Å². The Balaban J connectivity index is 3.12. The van der Waals surface area contributed by atoms with Gasteiger partial charge in [-0.15, -0.1) is 0 Å². The first kappa shape index (κ1) is 10.2. The van der Waals surface area contributed by atoms with Gasteiger partial charge in [0.05, 0.1) is 6.61 Å². The minimum Gasteiger partial charge on any atom is -0.504 e. The second-order valence-corrected chi connectivity index (χ2v) is 3.33. The molecule has 1 aromatic rings. The molecule has 0 heterocycles. The largest absolute Gasteiger partial charge is 0.504 e. The summed E-state index contributed by atoms with van der Waals surface area (Å²) in [5.41, 5.74) is 0.334. The van der Waals surface area contributed by atoms with Crippen LogP contribution in [0.25, 0.3) is 6.08 Å². The SMILES string of the molecule is OCC=Cc1cc(Br)cc(F)c1O. The van der Waals surface area contributed by atoms with Crippen LogP contribution in [0.3, 0.4) is 0 Å². The first-order chi connectivity index (χ1) is 6.15. The number of aliphatic hydroxyl groups excluding tert-OH is 1. The number of aliphatic hydroxyl groups is 1. The Hall–Kier alpha value is -0.870. The Morgan fingerprint density at radius 3 is 2.77 bits per heavy atom. The van der Waals surface area contributed by atoms with Crippen LogP contribution in [0.15, 0.2) is 22.7 Å². The molecular weight excluding hydrogens is 239 g/mol. The summed E-state index contributed by atoms with van der Waals surface area (Å²) in [7, 11) is 0. The molecule has 4 heteroatoms. The quantitative estimate of drug-likeness (QED) is 0.841. The van der Waals surface area contributed by atoms with Gasteiger partial charge < -0.3 is 10.2 Å². The van der Waals surface area contributed by atoms with Crippen molar-refractivity contribution in [2.75, 3.05) is 6.61 Å². The van der Waals surface area contributed by atoms with E-state index in [1.807, 2.05) is 0 Å². The van der Waals surface area contributed by atoms with Crippen molar-refractivity contribution in [3.63, 3.8) is 0 Å². The van der Waals surface area contributed by atoms with Gasteiger partial charge in [-0.3, -0.25) is 0 Å². The van der Waals surface area contributed by atoms with Gasteiger partial charge in [-0.25, -0.2) is 4.39 Å². The van der Waals surface area contributed by atoms with Gasteiger partial charge in [-0.2, -0.15) is 0 Å². The third kappa shape index (κ3) is 2.54. The molecule has 0 aliphatic carbocycles. The van der Waals surface area contributed by atoms with Crippen LogP contribution in [-0.2, 0) is 0 Å². The van der Waals surface area contributed by atoms with Crippen LogP contribution in [-0.4, -0.2) is 16.8 Å².